The van der Waals surface area contributed by atoms with Crippen molar-refractivity contribution < 1.29 is 14.3 Å². The van der Waals surface area contributed by atoms with Crippen molar-refractivity contribution in [3.05, 3.63) is 65.9 Å². The number of nitrogens with zero attached hydrogens (tertiary/aromatic N) is 2. The first-order chi connectivity index (χ1) is 13.7. The summed E-state index contributed by atoms with van der Waals surface area (Å²) in [5.41, 5.74) is 5.53. The van der Waals surface area contributed by atoms with Crippen LogP contribution >= 0.6 is 0 Å². The van der Waals surface area contributed by atoms with Crippen molar-refractivity contribution in [2.75, 3.05) is 13.7 Å². The highest BCUT2D eigenvalue weighted by molar-refractivity contribution is 5.95. The summed E-state index contributed by atoms with van der Waals surface area (Å²) in [4.78, 5) is 12.2. The molecule has 2 N–H and O–H groups in total. The van der Waals surface area contributed by atoms with Crippen LogP contribution in [0.1, 0.15) is 29.3 Å². The van der Waals surface area contributed by atoms with Crippen molar-refractivity contribution in [2.45, 2.75) is 13.3 Å². The highest BCUT2D eigenvalue weighted by Crippen LogP contribution is 2.22. The molecule has 28 heavy (non-hydrogen) atoms. The molecule has 0 spiro atoms. The van der Waals surface area contributed by atoms with Crippen molar-refractivity contribution in [3.8, 4) is 22.8 Å². The summed E-state index contributed by atoms with van der Waals surface area (Å²) < 4.78 is 10.7. The summed E-state index contributed by atoms with van der Waals surface area (Å²) in [6.45, 7) is 2.69. The molecule has 0 saturated heterocycles. The quantitative estimate of drug-likeness (QED) is 0.463. The zero-order valence-electron chi connectivity index (χ0n) is 15.8. The minimum atomic E-state index is -0.298. The fourth-order valence-electron chi connectivity index (χ4n) is 2.53. The minimum Gasteiger partial charge on any atom is -0.497 e. The van der Waals surface area contributed by atoms with E-state index in [2.05, 4.69) is 20.7 Å². The van der Waals surface area contributed by atoms with Gasteiger partial charge in [0, 0.05) is 16.7 Å². The first-order valence-electron chi connectivity index (χ1n) is 8.95. The Labute approximate surface area is 163 Å². The third-order valence-corrected chi connectivity index (χ3v) is 4.01. The Kier molecular flexibility index (Phi) is 6.41. The van der Waals surface area contributed by atoms with Gasteiger partial charge in [-0.05, 0) is 55.0 Å². The summed E-state index contributed by atoms with van der Waals surface area (Å²) in [7, 11) is 1.62. The van der Waals surface area contributed by atoms with E-state index in [1.54, 1.807) is 43.8 Å². The number of aromatic nitrogens is 2. The van der Waals surface area contributed by atoms with Crippen LogP contribution in [-0.2, 0) is 0 Å². The molecule has 0 aliphatic heterocycles. The third-order valence-electron chi connectivity index (χ3n) is 4.01. The Morgan fingerprint density at radius 3 is 2.54 bits per heavy atom. The van der Waals surface area contributed by atoms with E-state index in [4.69, 9.17) is 9.47 Å². The molecule has 0 fully saturated rings. The number of carbonyl (C=O) groups excluding carboxylic acids is 1. The molecule has 3 rings (SSSR count). The summed E-state index contributed by atoms with van der Waals surface area (Å²) >= 11 is 0. The van der Waals surface area contributed by atoms with Gasteiger partial charge in [0.25, 0.3) is 5.91 Å². The van der Waals surface area contributed by atoms with Crippen molar-refractivity contribution >= 4 is 12.1 Å². The van der Waals surface area contributed by atoms with Gasteiger partial charge >= 0.3 is 0 Å². The topological polar surface area (TPSA) is 88.6 Å². The number of rotatable bonds is 8. The molecule has 7 nitrogen and oxygen atoms in total. The number of hydrogen-bond acceptors (Lipinski definition) is 5. The molecule has 2 aromatic carbocycles. The molecule has 1 amide bonds. The summed E-state index contributed by atoms with van der Waals surface area (Å²) in [5, 5.41) is 11.0. The van der Waals surface area contributed by atoms with E-state index < -0.39 is 0 Å². The maximum absolute atomic E-state index is 12.2. The van der Waals surface area contributed by atoms with Crippen LogP contribution in [0.15, 0.2) is 59.8 Å². The van der Waals surface area contributed by atoms with Crippen LogP contribution in [0.4, 0.5) is 0 Å². The molecule has 0 aliphatic rings. The van der Waals surface area contributed by atoms with Crippen LogP contribution in [0, 0.1) is 0 Å². The highest BCUT2D eigenvalue weighted by atomic mass is 16.5. The Balaban J connectivity index is 1.63. The second-order valence-electron chi connectivity index (χ2n) is 6.00. The molecule has 0 unspecified atom stereocenters. The Morgan fingerprint density at radius 2 is 1.86 bits per heavy atom. The van der Waals surface area contributed by atoms with E-state index in [0.717, 1.165) is 34.7 Å². The van der Waals surface area contributed by atoms with Crippen LogP contribution in [0.25, 0.3) is 11.3 Å². The zero-order chi connectivity index (χ0) is 19.8. The smallest absolute Gasteiger partial charge is 0.271 e. The van der Waals surface area contributed by atoms with Crippen molar-refractivity contribution in [2.24, 2.45) is 5.10 Å². The van der Waals surface area contributed by atoms with Crippen LogP contribution in [0.5, 0.6) is 11.5 Å². The van der Waals surface area contributed by atoms with Crippen molar-refractivity contribution in [1.82, 2.24) is 15.6 Å². The lowest BCUT2D eigenvalue weighted by molar-refractivity contribution is 0.0955. The van der Waals surface area contributed by atoms with Gasteiger partial charge in [-0.15, -0.1) is 0 Å². The molecule has 3 aromatic rings. The Hall–Kier alpha value is -3.61. The van der Waals surface area contributed by atoms with Gasteiger partial charge in [-0.1, -0.05) is 6.92 Å². The number of nitrogens with one attached hydrogen (secondary N) is 2. The van der Waals surface area contributed by atoms with Gasteiger partial charge in [0.2, 0.25) is 0 Å². The lowest BCUT2D eigenvalue weighted by Crippen LogP contribution is -2.17. The lowest BCUT2D eigenvalue weighted by Gasteiger charge is -2.05. The predicted octanol–water partition coefficient (Wildman–Crippen LogP) is 3.64. The van der Waals surface area contributed by atoms with Crippen LogP contribution in [-0.4, -0.2) is 36.0 Å². The number of hydrogen-bond donors (Lipinski definition) is 2. The molecule has 0 atom stereocenters. The van der Waals surface area contributed by atoms with Gasteiger partial charge in [0.1, 0.15) is 11.5 Å². The van der Waals surface area contributed by atoms with Gasteiger partial charge in [-0.25, -0.2) is 5.43 Å². The first-order valence-corrected chi connectivity index (χ1v) is 8.95. The van der Waals surface area contributed by atoms with E-state index in [0.29, 0.717) is 12.2 Å². The number of H-pyrrole nitrogens is 1. The second-order valence-corrected chi connectivity index (χ2v) is 6.00. The Bertz CT molecular complexity index is 931. The summed E-state index contributed by atoms with van der Waals surface area (Å²) in [5.74, 6) is 1.22. The number of carbonyl (C=O) groups is 1. The first kappa shape index (κ1) is 19.2. The molecule has 1 aromatic heterocycles. The number of methoxy groups -OCH3 is 1. The fourth-order valence-corrected chi connectivity index (χ4v) is 2.53. The molecule has 0 aliphatic carbocycles. The number of hydrazone groups is 1. The van der Waals surface area contributed by atoms with Gasteiger partial charge in [0.15, 0.2) is 0 Å². The second kappa shape index (κ2) is 9.36. The summed E-state index contributed by atoms with van der Waals surface area (Å²) in [6, 6.07) is 14.5. The minimum absolute atomic E-state index is 0.298. The largest absolute Gasteiger partial charge is 0.497 e. The van der Waals surface area contributed by atoms with Crippen LogP contribution in [0.3, 0.4) is 0 Å². The number of amides is 1. The Morgan fingerprint density at radius 1 is 1.14 bits per heavy atom. The van der Waals surface area contributed by atoms with E-state index in [1.807, 2.05) is 31.2 Å². The monoisotopic (exact) mass is 378 g/mol. The SMILES string of the molecule is CCCOc1ccc(C(=O)N/N=C/c2cn[nH]c2-c2ccc(OC)cc2)cc1. The number of ether oxygens (including phenoxy) is 2. The maximum atomic E-state index is 12.2. The van der Waals surface area contributed by atoms with Gasteiger partial charge < -0.3 is 9.47 Å². The van der Waals surface area contributed by atoms with Gasteiger partial charge in [-0.2, -0.15) is 10.2 Å². The zero-order valence-corrected chi connectivity index (χ0v) is 15.8. The number of benzene rings is 2. The lowest BCUT2D eigenvalue weighted by atomic mass is 10.1. The van der Waals surface area contributed by atoms with Gasteiger partial charge in [0.05, 0.1) is 31.8 Å². The molecule has 1 heterocycles. The van der Waals surface area contributed by atoms with Crippen molar-refractivity contribution in [1.29, 1.82) is 0 Å². The van der Waals surface area contributed by atoms with E-state index in [1.165, 1.54) is 0 Å². The molecule has 7 heteroatoms. The van der Waals surface area contributed by atoms with E-state index in [-0.39, 0.29) is 5.91 Å². The maximum Gasteiger partial charge on any atom is 0.271 e. The van der Waals surface area contributed by atoms with Crippen LogP contribution in [0.2, 0.25) is 0 Å². The average molecular weight is 378 g/mol. The number of aromatic amines is 1. The van der Waals surface area contributed by atoms with Crippen LogP contribution < -0.4 is 14.9 Å². The highest BCUT2D eigenvalue weighted by Gasteiger charge is 2.07. The predicted molar refractivity (Wildman–Crippen MR) is 108 cm³/mol. The third kappa shape index (κ3) is 4.76. The molecular weight excluding hydrogens is 356 g/mol. The molecular formula is C21H22N4O3. The van der Waals surface area contributed by atoms with Crippen molar-refractivity contribution in [3.63, 3.8) is 0 Å². The fraction of sp³-hybridized carbons (Fsp3) is 0.190. The normalized spacial score (nSPS) is 10.8. The van der Waals surface area contributed by atoms with E-state index in [9.17, 15) is 4.79 Å². The molecule has 144 valence electrons. The average Bonchev–Trinajstić information content (AvgIpc) is 3.21. The van der Waals surface area contributed by atoms with E-state index >= 15 is 0 Å². The molecule has 0 radical (unpaired) electrons. The molecule has 0 saturated carbocycles. The standard InChI is InChI=1S/C21H22N4O3/c1-3-12-28-19-10-6-16(7-11-19)21(26)25-23-14-17-13-22-24-20(17)15-4-8-18(27-2)9-5-15/h4-11,13-14H,3,12H2,1-2H3,(H,22,24)(H,25,26)/b23-14+. The molecule has 0 bridgehead atoms. The van der Waals surface area contributed by atoms with Gasteiger partial charge in [-0.3, -0.25) is 9.89 Å². The summed E-state index contributed by atoms with van der Waals surface area (Å²) in [6.07, 6.45) is 4.14.